The van der Waals surface area contributed by atoms with Crippen LogP contribution in [0.25, 0.3) is 0 Å². The van der Waals surface area contributed by atoms with E-state index in [0.29, 0.717) is 23.4 Å². The Hall–Kier alpha value is -0.940. The largest absolute Gasteiger partial charge is 0.372 e. The second-order valence-corrected chi connectivity index (χ2v) is 5.13. The molecule has 0 aromatic carbocycles. The zero-order valence-corrected chi connectivity index (χ0v) is 11.5. The molecule has 0 N–H and O–H groups in total. The number of aromatic nitrogens is 1. The second kappa shape index (κ2) is 5.14. The third-order valence-corrected chi connectivity index (χ3v) is 3.08. The van der Waals surface area contributed by atoms with Crippen molar-refractivity contribution in [2.24, 2.45) is 0 Å². The van der Waals surface area contributed by atoms with Crippen LogP contribution in [0.3, 0.4) is 0 Å². The number of amides is 1. The molecule has 1 aromatic rings. The molecule has 2 rings (SSSR count). The predicted molar refractivity (Wildman–Crippen MR) is 67.8 cm³/mol. The summed E-state index contributed by atoms with van der Waals surface area (Å²) in [6.45, 7) is 5.20. The molecule has 0 bridgehead atoms. The fourth-order valence-corrected chi connectivity index (χ4v) is 2.38. The van der Waals surface area contributed by atoms with Crippen molar-refractivity contribution in [2.45, 2.75) is 26.1 Å². The van der Waals surface area contributed by atoms with E-state index in [0.717, 1.165) is 0 Å². The van der Waals surface area contributed by atoms with Crippen LogP contribution in [0.15, 0.2) is 22.8 Å². The topological polar surface area (TPSA) is 42.4 Å². The average molecular weight is 299 g/mol. The van der Waals surface area contributed by atoms with Crippen molar-refractivity contribution in [1.29, 1.82) is 0 Å². The summed E-state index contributed by atoms with van der Waals surface area (Å²) >= 11 is 3.27. The third kappa shape index (κ3) is 3.04. The van der Waals surface area contributed by atoms with Crippen LogP contribution in [-0.4, -0.2) is 41.1 Å². The van der Waals surface area contributed by atoms with Gasteiger partial charge in [-0.2, -0.15) is 0 Å². The lowest BCUT2D eigenvalue weighted by molar-refractivity contribution is -0.0587. The summed E-state index contributed by atoms with van der Waals surface area (Å²) in [7, 11) is 0. The Kier molecular flexibility index (Phi) is 3.79. The fourth-order valence-electron chi connectivity index (χ4n) is 2.03. The highest BCUT2D eigenvalue weighted by molar-refractivity contribution is 9.10. The first-order valence-electron chi connectivity index (χ1n) is 5.63. The van der Waals surface area contributed by atoms with Gasteiger partial charge in [0.15, 0.2) is 0 Å². The molecule has 1 fully saturated rings. The summed E-state index contributed by atoms with van der Waals surface area (Å²) < 4.78 is 6.28. The fraction of sp³-hybridized carbons (Fsp3) is 0.500. The van der Waals surface area contributed by atoms with Crippen LogP contribution in [0.5, 0.6) is 0 Å². The highest BCUT2D eigenvalue weighted by atomic mass is 79.9. The van der Waals surface area contributed by atoms with Gasteiger partial charge in [-0.25, -0.2) is 4.98 Å². The van der Waals surface area contributed by atoms with E-state index in [2.05, 4.69) is 20.9 Å². The average Bonchev–Trinajstić information content (AvgIpc) is 2.26. The first-order chi connectivity index (χ1) is 8.06. The molecule has 0 saturated carbocycles. The van der Waals surface area contributed by atoms with E-state index in [9.17, 15) is 4.79 Å². The Morgan fingerprint density at radius 3 is 2.65 bits per heavy atom. The molecule has 2 unspecified atom stereocenters. The highest BCUT2D eigenvalue weighted by Crippen LogP contribution is 2.14. The normalized spacial score (nSPS) is 24.8. The van der Waals surface area contributed by atoms with Gasteiger partial charge in [-0.15, -0.1) is 0 Å². The molecule has 5 heteroatoms. The van der Waals surface area contributed by atoms with Gasteiger partial charge in [0.25, 0.3) is 5.91 Å². The molecule has 1 aliphatic rings. The number of halogens is 1. The highest BCUT2D eigenvalue weighted by Gasteiger charge is 2.27. The number of pyridine rings is 1. The minimum absolute atomic E-state index is 0.0340. The molecule has 1 saturated heterocycles. The van der Waals surface area contributed by atoms with Crippen molar-refractivity contribution < 1.29 is 9.53 Å². The summed E-state index contributed by atoms with van der Waals surface area (Å²) in [5.74, 6) is -0.0340. The monoisotopic (exact) mass is 298 g/mol. The zero-order valence-electron chi connectivity index (χ0n) is 9.89. The van der Waals surface area contributed by atoms with Gasteiger partial charge in [0.05, 0.1) is 12.2 Å². The summed E-state index contributed by atoms with van der Waals surface area (Å²) in [6.07, 6.45) is 0.157. The smallest absolute Gasteiger partial charge is 0.272 e. The van der Waals surface area contributed by atoms with Crippen LogP contribution < -0.4 is 0 Å². The van der Waals surface area contributed by atoms with E-state index >= 15 is 0 Å². The van der Waals surface area contributed by atoms with Gasteiger partial charge in [0, 0.05) is 13.1 Å². The molecule has 1 aromatic heterocycles. The summed E-state index contributed by atoms with van der Waals surface area (Å²) in [5, 5.41) is 0. The van der Waals surface area contributed by atoms with E-state index < -0.39 is 0 Å². The standard InChI is InChI=1S/C12H15BrN2O2/c1-8-6-15(7-9(2)17-8)12(16)10-4-3-5-11(13)14-10/h3-5,8-9H,6-7H2,1-2H3. The molecule has 2 heterocycles. The predicted octanol–water partition coefficient (Wildman–Crippen LogP) is 2.09. The lowest BCUT2D eigenvalue weighted by Gasteiger charge is -2.35. The number of ether oxygens (including phenoxy) is 1. The molecule has 17 heavy (non-hydrogen) atoms. The molecule has 0 spiro atoms. The molecule has 0 aliphatic carbocycles. The van der Waals surface area contributed by atoms with Gasteiger partial charge >= 0.3 is 0 Å². The Labute approximate surface area is 109 Å². The maximum Gasteiger partial charge on any atom is 0.272 e. The SMILES string of the molecule is CC1CN(C(=O)c2cccc(Br)n2)CC(C)O1. The number of hydrogen-bond acceptors (Lipinski definition) is 3. The van der Waals surface area contributed by atoms with Crippen LogP contribution in [-0.2, 0) is 4.74 Å². The minimum Gasteiger partial charge on any atom is -0.372 e. The summed E-state index contributed by atoms with van der Waals surface area (Å²) in [6, 6.07) is 5.36. The van der Waals surface area contributed by atoms with Gasteiger partial charge in [-0.1, -0.05) is 6.07 Å². The van der Waals surface area contributed by atoms with Crippen molar-refractivity contribution in [3.63, 3.8) is 0 Å². The van der Waals surface area contributed by atoms with E-state index in [4.69, 9.17) is 4.74 Å². The van der Waals surface area contributed by atoms with E-state index in [1.165, 1.54) is 0 Å². The molecular weight excluding hydrogens is 284 g/mol. The minimum atomic E-state index is -0.0340. The quantitative estimate of drug-likeness (QED) is 0.746. The molecule has 1 amide bonds. The number of carbonyl (C=O) groups is 1. The number of carbonyl (C=O) groups excluding carboxylic acids is 1. The van der Waals surface area contributed by atoms with Crippen molar-refractivity contribution in [1.82, 2.24) is 9.88 Å². The Morgan fingerprint density at radius 1 is 1.41 bits per heavy atom. The van der Waals surface area contributed by atoms with Gasteiger partial charge in [0.2, 0.25) is 0 Å². The van der Waals surface area contributed by atoms with Gasteiger partial charge in [-0.3, -0.25) is 4.79 Å². The maximum absolute atomic E-state index is 12.2. The maximum atomic E-state index is 12.2. The van der Waals surface area contributed by atoms with Crippen LogP contribution in [0, 0.1) is 0 Å². The Morgan fingerprint density at radius 2 is 2.06 bits per heavy atom. The van der Waals surface area contributed by atoms with Crippen LogP contribution in [0.1, 0.15) is 24.3 Å². The van der Waals surface area contributed by atoms with Crippen molar-refractivity contribution in [2.75, 3.05) is 13.1 Å². The first-order valence-corrected chi connectivity index (χ1v) is 6.43. The molecular formula is C12H15BrN2O2. The summed E-state index contributed by atoms with van der Waals surface area (Å²) in [4.78, 5) is 18.2. The number of rotatable bonds is 1. The molecule has 92 valence electrons. The van der Waals surface area contributed by atoms with E-state index in [-0.39, 0.29) is 18.1 Å². The molecule has 0 radical (unpaired) electrons. The van der Waals surface area contributed by atoms with Gasteiger partial charge < -0.3 is 9.64 Å². The number of hydrogen-bond donors (Lipinski definition) is 0. The van der Waals surface area contributed by atoms with E-state index in [1.807, 2.05) is 19.9 Å². The van der Waals surface area contributed by atoms with Gasteiger partial charge in [0.1, 0.15) is 10.3 Å². The third-order valence-electron chi connectivity index (χ3n) is 2.64. The lowest BCUT2D eigenvalue weighted by atomic mass is 10.2. The van der Waals surface area contributed by atoms with Crippen LogP contribution in [0.4, 0.5) is 0 Å². The molecule has 4 nitrogen and oxygen atoms in total. The lowest BCUT2D eigenvalue weighted by Crippen LogP contribution is -2.48. The van der Waals surface area contributed by atoms with Crippen LogP contribution >= 0.6 is 15.9 Å². The Balaban J connectivity index is 2.14. The number of nitrogens with zero attached hydrogens (tertiary/aromatic N) is 2. The second-order valence-electron chi connectivity index (χ2n) is 4.31. The molecule has 1 aliphatic heterocycles. The zero-order chi connectivity index (χ0) is 12.4. The summed E-state index contributed by atoms with van der Waals surface area (Å²) in [5.41, 5.74) is 0.473. The Bertz CT molecular complexity index is 415. The van der Waals surface area contributed by atoms with E-state index in [1.54, 1.807) is 17.0 Å². The number of morpholine rings is 1. The van der Waals surface area contributed by atoms with Crippen molar-refractivity contribution >= 4 is 21.8 Å². The van der Waals surface area contributed by atoms with Gasteiger partial charge in [-0.05, 0) is 41.9 Å². The van der Waals surface area contributed by atoms with Crippen LogP contribution in [0.2, 0.25) is 0 Å². The first kappa shape index (κ1) is 12.5. The van der Waals surface area contributed by atoms with Crippen molar-refractivity contribution in [3.8, 4) is 0 Å². The molecule has 2 atom stereocenters. The van der Waals surface area contributed by atoms with Crippen molar-refractivity contribution in [3.05, 3.63) is 28.5 Å².